The smallest absolute Gasteiger partial charge is 0.348 e. The number of hydrogen-bond acceptors (Lipinski definition) is 5. The number of nitrogens with zero attached hydrogens (tertiary/aromatic N) is 5. The van der Waals surface area contributed by atoms with Crippen molar-refractivity contribution in [3.05, 3.63) is 89.0 Å². The number of piperidine rings is 1. The number of aryl methyl sites for hydroxylation is 2. The van der Waals surface area contributed by atoms with Gasteiger partial charge in [-0.3, -0.25) is 24.2 Å². The van der Waals surface area contributed by atoms with Gasteiger partial charge in [-0.1, -0.05) is 30.3 Å². The van der Waals surface area contributed by atoms with Gasteiger partial charge >= 0.3 is 6.18 Å². The molecule has 2 aromatic heterocycles. The molecule has 0 aliphatic carbocycles. The van der Waals surface area contributed by atoms with Gasteiger partial charge in [0.2, 0.25) is 0 Å². The predicted octanol–water partition coefficient (Wildman–Crippen LogP) is 4.12. The van der Waals surface area contributed by atoms with Crippen LogP contribution in [0.3, 0.4) is 0 Å². The first-order valence-electron chi connectivity index (χ1n) is 12.1. The molecule has 1 saturated heterocycles. The van der Waals surface area contributed by atoms with E-state index in [1.165, 1.54) is 0 Å². The van der Waals surface area contributed by atoms with Crippen LogP contribution < -0.4 is 5.32 Å². The molecule has 196 valence electrons. The molecule has 0 saturated carbocycles. The van der Waals surface area contributed by atoms with Gasteiger partial charge in [-0.25, -0.2) is 0 Å². The third kappa shape index (κ3) is 4.83. The standard InChI is InChI=1S/C27H25F3N6O2/c1-16-12-18(13-22-23(16)32-10-9-31-22)26(38)36-11-8-21(20(15-36)17-6-4-3-5-7-17)34-25(37)19-14-33-35(2)24(19)27(28,29)30/h3-7,9-10,12-14,20-21H,8,11,15H2,1-2H3,(H,34,37)/t20-,21-/m1/s1. The van der Waals surface area contributed by atoms with E-state index < -0.39 is 29.4 Å². The fourth-order valence-electron chi connectivity index (χ4n) is 5.09. The molecule has 2 atom stereocenters. The number of hydrogen-bond donors (Lipinski definition) is 1. The summed E-state index contributed by atoms with van der Waals surface area (Å²) in [5.41, 5.74) is 1.90. The summed E-state index contributed by atoms with van der Waals surface area (Å²) in [6.07, 6.45) is -0.259. The van der Waals surface area contributed by atoms with E-state index in [2.05, 4.69) is 20.4 Å². The number of halogens is 3. The second kappa shape index (κ2) is 9.88. The SMILES string of the molecule is Cc1cc(C(=O)N2CC[C@@H](NC(=O)c3cnn(C)c3C(F)(F)F)[C@@H](c3ccccc3)C2)cc2nccnc12. The van der Waals surface area contributed by atoms with Gasteiger partial charge in [0.15, 0.2) is 5.69 Å². The van der Waals surface area contributed by atoms with Gasteiger partial charge in [0.05, 0.1) is 22.8 Å². The minimum Gasteiger partial charge on any atom is -0.348 e. The Morgan fingerprint density at radius 2 is 1.82 bits per heavy atom. The average molecular weight is 523 g/mol. The lowest BCUT2D eigenvalue weighted by atomic mass is 9.85. The first-order valence-corrected chi connectivity index (χ1v) is 12.1. The molecule has 11 heteroatoms. The second-order valence-corrected chi connectivity index (χ2v) is 9.38. The van der Waals surface area contributed by atoms with E-state index in [-0.39, 0.29) is 18.4 Å². The van der Waals surface area contributed by atoms with Crippen molar-refractivity contribution in [1.29, 1.82) is 0 Å². The van der Waals surface area contributed by atoms with Gasteiger partial charge < -0.3 is 10.2 Å². The number of carbonyl (C=O) groups is 2. The van der Waals surface area contributed by atoms with Gasteiger partial charge in [0.25, 0.3) is 11.8 Å². The zero-order chi connectivity index (χ0) is 27.0. The third-order valence-electron chi connectivity index (χ3n) is 6.91. The number of alkyl halides is 3. The van der Waals surface area contributed by atoms with Crippen molar-refractivity contribution < 1.29 is 22.8 Å². The van der Waals surface area contributed by atoms with Gasteiger partial charge in [0.1, 0.15) is 0 Å². The number of rotatable bonds is 4. The fraction of sp³-hybridized carbons (Fsp3) is 0.296. The van der Waals surface area contributed by atoms with Crippen LogP contribution in [0.5, 0.6) is 0 Å². The molecule has 1 aliphatic rings. The number of amides is 2. The maximum atomic E-state index is 13.6. The summed E-state index contributed by atoms with van der Waals surface area (Å²) in [5, 5.41) is 6.44. The van der Waals surface area contributed by atoms with E-state index in [1.807, 2.05) is 37.3 Å². The van der Waals surface area contributed by atoms with Crippen LogP contribution in [0.1, 0.15) is 49.9 Å². The topological polar surface area (TPSA) is 93.0 Å². The summed E-state index contributed by atoms with van der Waals surface area (Å²) >= 11 is 0. The lowest BCUT2D eigenvalue weighted by Crippen LogP contribution is -2.51. The molecule has 2 amide bonds. The van der Waals surface area contributed by atoms with Crippen LogP contribution in [0.2, 0.25) is 0 Å². The Morgan fingerprint density at radius 3 is 2.55 bits per heavy atom. The highest BCUT2D eigenvalue weighted by molar-refractivity contribution is 5.98. The molecule has 3 heterocycles. The normalized spacial score (nSPS) is 18.0. The molecule has 2 aromatic carbocycles. The molecular formula is C27H25F3N6O2. The number of carbonyl (C=O) groups excluding carboxylic acids is 2. The summed E-state index contributed by atoms with van der Waals surface area (Å²) in [4.78, 5) is 36.9. The predicted molar refractivity (Wildman–Crippen MR) is 133 cm³/mol. The minimum absolute atomic E-state index is 0.182. The summed E-state index contributed by atoms with van der Waals surface area (Å²) in [5.74, 6) is -1.36. The van der Waals surface area contributed by atoms with Crippen LogP contribution >= 0.6 is 0 Å². The molecule has 0 spiro atoms. The Morgan fingerprint density at radius 1 is 1.08 bits per heavy atom. The molecule has 0 bridgehead atoms. The molecule has 1 N–H and O–H groups in total. The van der Waals surface area contributed by atoms with Crippen LogP contribution in [-0.2, 0) is 13.2 Å². The molecule has 4 aromatic rings. The van der Waals surface area contributed by atoms with Crippen molar-refractivity contribution in [3.63, 3.8) is 0 Å². The highest BCUT2D eigenvalue weighted by Crippen LogP contribution is 2.33. The van der Waals surface area contributed by atoms with Gasteiger partial charge in [0, 0.05) is 50.1 Å². The Bertz CT molecular complexity index is 1500. The molecule has 8 nitrogen and oxygen atoms in total. The van der Waals surface area contributed by atoms with E-state index in [1.54, 1.807) is 29.4 Å². The van der Waals surface area contributed by atoms with Crippen molar-refractivity contribution in [2.45, 2.75) is 31.5 Å². The van der Waals surface area contributed by atoms with Crippen LogP contribution in [0.15, 0.2) is 61.1 Å². The Balaban J connectivity index is 1.41. The quantitative estimate of drug-likeness (QED) is 0.435. The highest BCUT2D eigenvalue weighted by atomic mass is 19.4. The van der Waals surface area contributed by atoms with Crippen LogP contribution in [-0.4, -0.2) is 55.6 Å². The van der Waals surface area contributed by atoms with Gasteiger partial charge in [-0.2, -0.15) is 18.3 Å². The number of aromatic nitrogens is 4. The van der Waals surface area contributed by atoms with Crippen LogP contribution in [0, 0.1) is 6.92 Å². The van der Waals surface area contributed by atoms with Crippen LogP contribution in [0.25, 0.3) is 11.0 Å². The molecule has 1 aliphatic heterocycles. The van der Waals surface area contributed by atoms with Gasteiger partial charge in [-0.05, 0) is 36.6 Å². The van der Waals surface area contributed by atoms with Crippen molar-refractivity contribution in [1.82, 2.24) is 30.0 Å². The molecule has 1 fully saturated rings. The first-order chi connectivity index (χ1) is 18.1. The van der Waals surface area contributed by atoms with E-state index in [9.17, 15) is 22.8 Å². The summed E-state index contributed by atoms with van der Waals surface area (Å²) in [6.45, 7) is 2.48. The summed E-state index contributed by atoms with van der Waals surface area (Å²) in [7, 11) is 1.15. The summed E-state index contributed by atoms with van der Waals surface area (Å²) < 4.78 is 41.3. The molecule has 0 unspecified atom stereocenters. The highest BCUT2D eigenvalue weighted by Gasteiger charge is 2.41. The van der Waals surface area contributed by atoms with Crippen LogP contribution in [0.4, 0.5) is 13.2 Å². The number of likely N-dealkylation sites (tertiary alicyclic amines) is 1. The zero-order valence-corrected chi connectivity index (χ0v) is 20.7. The van der Waals surface area contributed by atoms with Crippen molar-refractivity contribution >= 4 is 22.8 Å². The Hall–Kier alpha value is -4.28. The first kappa shape index (κ1) is 25.4. The number of nitrogens with one attached hydrogen (secondary N) is 1. The Labute approximate surface area is 216 Å². The van der Waals surface area contributed by atoms with Crippen molar-refractivity contribution in [2.24, 2.45) is 7.05 Å². The van der Waals surface area contributed by atoms with E-state index in [0.29, 0.717) is 28.7 Å². The lowest BCUT2D eigenvalue weighted by Gasteiger charge is -2.39. The van der Waals surface area contributed by atoms with E-state index in [0.717, 1.165) is 29.9 Å². The minimum atomic E-state index is -4.73. The van der Waals surface area contributed by atoms with E-state index in [4.69, 9.17) is 0 Å². The Kier molecular flexibility index (Phi) is 6.60. The molecule has 5 rings (SSSR count). The molecule has 38 heavy (non-hydrogen) atoms. The third-order valence-corrected chi connectivity index (χ3v) is 6.91. The number of benzene rings is 2. The molecule has 0 radical (unpaired) electrons. The molecular weight excluding hydrogens is 497 g/mol. The average Bonchev–Trinajstić information content (AvgIpc) is 3.31. The number of fused-ring (bicyclic) bond motifs is 1. The maximum absolute atomic E-state index is 13.6. The second-order valence-electron chi connectivity index (χ2n) is 9.38. The van der Waals surface area contributed by atoms with E-state index >= 15 is 0 Å². The van der Waals surface area contributed by atoms with Gasteiger partial charge in [-0.15, -0.1) is 0 Å². The van der Waals surface area contributed by atoms with Crippen molar-refractivity contribution in [3.8, 4) is 0 Å². The van der Waals surface area contributed by atoms with Crippen molar-refractivity contribution in [2.75, 3.05) is 13.1 Å². The maximum Gasteiger partial charge on any atom is 0.433 e. The fourth-order valence-corrected chi connectivity index (χ4v) is 5.09. The largest absolute Gasteiger partial charge is 0.433 e. The summed E-state index contributed by atoms with van der Waals surface area (Å²) in [6, 6.07) is 12.3. The lowest BCUT2D eigenvalue weighted by molar-refractivity contribution is -0.144. The monoisotopic (exact) mass is 522 g/mol. The zero-order valence-electron chi connectivity index (χ0n) is 20.7.